The molecule has 2 unspecified atom stereocenters. The summed E-state index contributed by atoms with van der Waals surface area (Å²) in [6.07, 6.45) is -0.0805. The van der Waals surface area contributed by atoms with Crippen molar-refractivity contribution in [3.63, 3.8) is 0 Å². The molecule has 0 heterocycles. The first-order valence-electron chi connectivity index (χ1n) is 15.5. The summed E-state index contributed by atoms with van der Waals surface area (Å²) in [4.78, 5) is 13.3. The fourth-order valence-corrected chi connectivity index (χ4v) is 5.62. The Labute approximate surface area is 266 Å². The lowest BCUT2D eigenvalue weighted by atomic mass is 9.80. The number of aliphatic hydroxyl groups excluding tert-OH is 1. The largest absolute Gasteiger partial charge is 0.489 e. The Hall–Kier alpha value is -4.71. The average Bonchev–Trinajstić information content (AvgIpc) is 3.10. The van der Waals surface area contributed by atoms with Crippen LogP contribution in [0.5, 0.6) is 5.75 Å². The molecule has 0 amide bonds. The van der Waals surface area contributed by atoms with Gasteiger partial charge in [0, 0.05) is 0 Å². The molecule has 0 aliphatic heterocycles. The molecule has 0 saturated carbocycles. The molecule has 2 atom stereocenters. The Bertz CT molecular complexity index is 1490. The molecule has 1 N–H and O–H groups in total. The minimum absolute atomic E-state index is 0.0427. The summed E-state index contributed by atoms with van der Waals surface area (Å²) in [5.41, 5.74) is 3.85. The number of carbonyl (C=O) groups excluding carboxylic acids is 1. The molecule has 5 heteroatoms. The number of rotatable bonds is 15. The second kappa shape index (κ2) is 15.8. The third-order valence-electron chi connectivity index (χ3n) is 7.95. The van der Waals surface area contributed by atoms with Crippen LogP contribution >= 0.6 is 0 Å². The van der Waals surface area contributed by atoms with Gasteiger partial charge in [-0.2, -0.15) is 0 Å². The van der Waals surface area contributed by atoms with Gasteiger partial charge in [-0.15, -0.1) is 0 Å². The highest BCUT2D eigenvalue weighted by Crippen LogP contribution is 2.41. The molecule has 0 aromatic heterocycles. The van der Waals surface area contributed by atoms with Gasteiger partial charge in [-0.1, -0.05) is 133 Å². The number of hydrogen-bond donors (Lipinski definition) is 1. The van der Waals surface area contributed by atoms with E-state index in [0.717, 1.165) is 33.6 Å². The van der Waals surface area contributed by atoms with Crippen LogP contribution in [0.2, 0.25) is 0 Å². The minimum Gasteiger partial charge on any atom is -0.489 e. The van der Waals surface area contributed by atoms with Crippen molar-refractivity contribution in [3.8, 4) is 5.75 Å². The van der Waals surface area contributed by atoms with Crippen molar-refractivity contribution in [2.24, 2.45) is 5.92 Å². The zero-order chi connectivity index (χ0) is 31.3. The Balaban J connectivity index is 1.37. The van der Waals surface area contributed by atoms with E-state index in [9.17, 15) is 9.90 Å². The minimum atomic E-state index is -1.02. The van der Waals surface area contributed by atoms with Gasteiger partial charge < -0.3 is 19.3 Å². The van der Waals surface area contributed by atoms with Crippen molar-refractivity contribution in [3.05, 3.63) is 173 Å². The standard InChI is InChI=1S/C40H40O5/c1-2-43-39(42)37(38(41)27-26-31-18-15-25-36(28-31)44-29-32-16-7-3-8-17-32)30-45-40(33-19-9-4-10-20-33,34-21-11-5-12-22-34)35-23-13-6-14-24-35/h3-25,28,37-38,41H,2,26-27,29-30H2,1H3. The summed E-state index contributed by atoms with van der Waals surface area (Å²) in [5.74, 6) is -0.611. The lowest BCUT2D eigenvalue weighted by Gasteiger charge is -2.37. The van der Waals surface area contributed by atoms with E-state index in [1.165, 1.54) is 0 Å². The topological polar surface area (TPSA) is 65.0 Å². The first-order valence-corrected chi connectivity index (χ1v) is 15.5. The van der Waals surface area contributed by atoms with Gasteiger partial charge in [-0.25, -0.2) is 0 Å². The van der Waals surface area contributed by atoms with Crippen molar-refractivity contribution in [1.29, 1.82) is 0 Å². The number of aryl methyl sites for hydroxylation is 1. The molecule has 5 aromatic carbocycles. The zero-order valence-electron chi connectivity index (χ0n) is 25.6. The van der Waals surface area contributed by atoms with Crippen LogP contribution in [0.3, 0.4) is 0 Å². The van der Waals surface area contributed by atoms with Crippen LogP contribution in [-0.4, -0.2) is 30.4 Å². The summed E-state index contributed by atoms with van der Waals surface area (Å²) in [7, 11) is 0. The maximum Gasteiger partial charge on any atom is 0.313 e. The maximum atomic E-state index is 13.3. The van der Waals surface area contributed by atoms with Gasteiger partial charge in [0.05, 0.1) is 19.3 Å². The normalized spacial score (nSPS) is 12.7. The Kier molecular flexibility index (Phi) is 11.2. The molecule has 0 spiro atoms. The lowest BCUT2D eigenvalue weighted by molar-refractivity contribution is -0.157. The van der Waals surface area contributed by atoms with Crippen molar-refractivity contribution >= 4 is 5.97 Å². The van der Waals surface area contributed by atoms with E-state index in [1.807, 2.05) is 146 Å². The third-order valence-corrected chi connectivity index (χ3v) is 7.95. The summed E-state index contributed by atoms with van der Waals surface area (Å²) < 4.78 is 18.4. The van der Waals surface area contributed by atoms with Gasteiger partial charge in [0.2, 0.25) is 0 Å². The highest BCUT2D eigenvalue weighted by Gasteiger charge is 2.40. The number of benzene rings is 5. The average molecular weight is 601 g/mol. The van der Waals surface area contributed by atoms with Crippen LogP contribution in [0.4, 0.5) is 0 Å². The SMILES string of the molecule is CCOC(=O)C(COC(c1ccccc1)(c1ccccc1)c1ccccc1)C(O)CCc1cccc(OCc2ccccc2)c1. The molecule has 5 rings (SSSR count). The molecular weight excluding hydrogens is 560 g/mol. The van der Waals surface area contributed by atoms with Gasteiger partial charge in [0.25, 0.3) is 0 Å². The zero-order valence-corrected chi connectivity index (χ0v) is 25.6. The fourth-order valence-electron chi connectivity index (χ4n) is 5.62. The van der Waals surface area contributed by atoms with Gasteiger partial charge in [0.15, 0.2) is 0 Å². The number of carbonyl (C=O) groups is 1. The first kappa shape index (κ1) is 31.7. The number of esters is 1. The van der Waals surface area contributed by atoms with Gasteiger partial charge in [-0.05, 0) is 59.7 Å². The maximum absolute atomic E-state index is 13.3. The first-order chi connectivity index (χ1) is 22.1. The predicted octanol–water partition coefficient (Wildman–Crippen LogP) is 7.75. The predicted molar refractivity (Wildman–Crippen MR) is 177 cm³/mol. The monoisotopic (exact) mass is 600 g/mol. The Morgan fingerprint density at radius 2 is 1.20 bits per heavy atom. The fraction of sp³-hybridized carbons (Fsp3) is 0.225. The van der Waals surface area contributed by atoms with E-state index in [4.69, 9.17) is 14.2 Å². The van der Waals surface area contributed by atoms with Crippen molar-refractivity contribution in [1.82, 2.24) is 0 Å². The molecule has 0 aliphatic rings. The molecular formula is C40H40O5. The number of hydrogen-bond acceptors (Lipinski definition) is 5. The molecule has 5 aromatic rings. The Morgan fingerprint density at radius 1 is 0.689 bits per heavy atom. The summed E-state index contributed by atoms with van der Waals surface area (Å²) >= 11 is 0. The molecule has 5 nitrogen and oxygen atoms in total. The van der Waals surface area contributed by atoms with Gasteiger partial charge >= 0.3 is 5.97 Å². The molecule has 0 radical (unpaired) electrons. The number of aliphatic hydroxyl groups is 1. The summed E-state index contributed by atoms with van der Waals surface area (Å²) in [6, 6.07) is 47.8. The third kappa shape index (κ3) is 8.07. The van der Waals surface area contributed by atoms with Crippen LogP contribution in [0.25, 0.3) is 0 Å². The summed E-state index contributed by atoms with van der Waals surface area (Å²) in [6.45, 7) is 2.41. The van der Waals surface area contributed by atoms with Crippen molar-refractivity contribution in [2.45, 2.75) is 38.1 Å². The highest BCUT2D eigenvalue weighted by atomic mass is 16.5. The molecule has 0 aliphatic carbocycles. The van der Waals surface area contributed by atoms with E-state index >= 15 is 0 Å². The van der Waals surface area contributed by atoms with E-state index in [2.05, 4.69) is 0 Å². The lowest BCUT2D eigenvalue weighted by Crippen LogP contribution is -2.40. The Morgan fingerprint density at radius 3 is 1.73 bits per heavy atom. The molecule has 0 bridgehead atoms. The smallest absolute Gasteiger partial charge is 0.313 e. The molecule has 0 fully saturated rings. The second-order valence-corrected chi connectivity index (χ2v) is 11.0. The van der Waals surface area contributed by atoms with E-state index in [-0.39, 0.29) is 13.2 Å². The van der Waals surface area contributed by atoms with Crippen molar-refractivity contribution < 1.29 is 24.1 Å². The molecule has 45 heavy (non-hydrogen) atoms. The van der Waals surface area contributed by atoms with Crippen LogP contribution in [0.15, 0.2) is 146 Å². The van der Waals surface area contributed by atoms with E-state index < -0.39 is 23.6 Å². The van der Waals surface area contributed by atoms with Crippen LogP contribution in [0.1, 0.15) is 41.2 Å². The molecule has 230 valence electrons. The van der Waals surface area contributed by atoms with Crippen molar-refractivity contribution in [2.75, 3.05) is 13.2 Å². The van der Waals surface area contributed by atoms with Gasteiger partial charge in [0.1, 0.15) is 23.9 Å². The molecule has 0 saturated heterocycles. The van der Waals surface area contributed by atoms with Crippen LogP contribution in [-0.2, 0) is 32.9 Å². The summed E-state index contributed by atoms with van der Waals surface area (Å²) in [5, 5.41) is 11.5. The highest BCUT2D eigenvalue weighted by molar-refractivity contribution is 5.73. The second-order valence-electron chi connectivity index (χ2n) is 11.0. The van der Waals surface area contributed by atoms with Gasteiger partial charge in [-0.3, -0.25) is 4.79 Å². The van der Waals surface area contributed by atoms with E-state index in [1.54, 1.807) is 6.92 Å². The quantitative estimate of drug-likeness (QED) is 0.0984. The van der Waals surface area contributed by atoms with Crippen LogP contribution in [0, 0.1) is 5.92 Å². The van der Waals surface area contributed by atoms with Crippen LogP contribution < -0.4 is 4.74 Å². The number of ether oxygens (including phenoxy) is 3. The van der Waals surface area contributed by atoms with E-state index in [0.29, 0.717) is 19.4 Å².